The second kappa shape index (κ2) is 7.65. The summed E-state index contributed by atoms with van der Waals surface area (Å²) >= 11 is 0. The Kier molecular flexibility index (Phi) is 5.29. The van der Waals surface area contributed by atoms with E-state index in [-0.39, 0.29) is 30.5 Å². The zero-order valence-electron chi connectivity index (χ0n) is 13.9. The third-order valence-corrected chi connectivity index (χ3v) is 3.82. The van der Waals surface area contributed by atoms with E-state index in [0.717, 1.165) is 5.56 Å². The average Bonchev–Trinajstić information content (AvgIpc) is 3.10. The van der Waals surface area contributed by atoms with Gasteiger partial charge in [0.2, 0.25) is 0 Å². The van der Waals surface area contributed by atoms with E-state index in [1.165, 1.54) is 12.1 Å². The lowest BCUT2D eigenvalue weighted by molar-refractivity contribution is -0.218. The van der Waals surface area contributed by atoms with Gasteiger partial charge in [0.1, 0.15) is 11.7 Å². The summed E-state index contributed by atoms with van der Waals surface area (Å²) in [5, 5.41) is 8.25. The molecule has 1 amide bonds. The van der Waals surface area contributed by atoms with Crippen LogP contribution in [0.5, 0.6) is 0 Å². The first kappa shape index (κ1) is 18.7. The molecule has 2 aromatic rings. The monoisotopic (exact) mass is 381 g/mol. The van der Waals surface area contributed by atoms with Crippen LogP contribution in [-0.4, -0.2) is 24.1 Å². The molecule has 0 aromatic heterocycles. The molecule has 0 saturated heterocycles. The minimum absolute atomic E-state index is 0.0610. The number of benzene rings is 2. The van der Waals surface area contributed by atoms with Crippen molar-refractivity contribution in [1.82, 2.24) is 10.6 Å². The topological polar surface area (TPSA) is 62.7 Å². The van der Waals surface area contributed by atoms with Crippen molar-refractivity contribution in [3.63, 3.8) is 0 Å². The van der Waals surface area contributed by atoms with Crippen molar-refractivity contribution in [2.24, 2.45) is 5.16 Å². The lowest BCUT2D eigenvalue weighted by Gasteiger charge is -2.13. The van der Waals surface area contributed by atoms with Crippen LogP contribution in [0, 0.1) is 5.82 Å². The second-order valence-electron chi connectivity index (χ2n) is 5.89. The number of hydrogen-bond acceptors (Lipinski definition) is 4. The first-order valence-electron chi connectivity index (χ1n) is 7.99. The Bertz CT molecular complexity index is 833. The Morgan fingerprint density at radius 2 is 1.70 bits per heavy atom. The molecule has 2 N–H and O–H groups in total. The summed E-state index contributed by atoms with van der Waals surface area (Å²) in [6, 6.07) is 12.1. The largest absolute Gasteiger partial charge is 0.448 e. The molecule has 0 spiro atoms. The van der Waals surface area contributed by atoms with Gasteiger partial charge in [-0.3, -0.25) is 4.79 Å². The van der Waals surface area contributed by atoms with E-state index in [1.807, 2.05) is 0 Å². The van der Waals surface area contributed by atoms with Gasteiger partial charge in [-0.2, -0.15) is 13.2 Å². The number of rotatable bonds is 5. The minimum atomic E-state index is -4.54. The van der Waals surface area contributed by atoms with Crippen molar-refractivity contribution in [2.75, 3.05) is 0 Å². The highest BCUT2D eigenvalue weighted by atomic mass is 19.4. The molecule has 5 nitrogen and oxygen atoms in total. The number of halogens is 4. The number of hydrogen-bond donors (Lipinski definition) is 2. The van der Waals surface area contributed by atoms with Crippen LogP contribution in [0.25, 0.3) is 0 Å². The van der Waals surface area contributed by atoms with Crippen molar-refractivity contribution in [3.05, 3.63) is 71.0 Å². The van der Waals surface area contributed by atoms with Crippen LogP contribution in [0.3, 0.4) is 0 Å². The van der Waals surface area contributed by atoms with Gasteiger partial charge in [0.15, 0.2) is 0 Å². The van der Waals surface area contributed by atoms with Crippen molar-refractivity contribution in [2.45, 2.75) is 25.4 Å². The quantitative estimate of drug-likeness (QED) is 0.783. The predicted octanol–water partition coefficient (Wildman–Crippen LogP) is 3.12. The third-order valence-electron chi connectivity index (χ3n) is 3.82. The van der Waals surface area contributed by atoms with Crippen molar-refractivity contribution >= 4 is 11.7 Å². The fraction of sp³-hybridized carbons (Fsp3) is 0.222. The van der Waals surface area contributed by atoms with Gasteiger partial charge >= 0.3 is 6.18 Å². The van der Waals surface area contributed by atoms with E-state index in [4.69, 9.17) is 0 Å². The fourth-order valence-corrected chi connectivity index (χ4v) is 2.40. The number of amidine groups is 1. The van der Waals surface area contributed by atoms with Gasteiger partial charge in [0.25, 0.3) is 12.1 Å². The van der Waals surface area contributed by atoms with Crippen LogP contribution in [0.1, 0.15) is 21.5 Å². The standard InChI is InChI=1S/C18H15F4N3O2/c19-14-7-3-12(4-8-14)10-23-16(26)13-5-1-11(2-6-13)9-15-24-17(27-25-15)18(20,21)22/h1-8,17H,9-10H2,(H,23,26)(H,24,25). The maximum Gasteiger partial charge on any atom is 0.448 e. The van der Waals surface area contributed by atoms with E-state index in [0.29, 0.717) is 11.1 Å². The SMILES string of the molecule is O=C(NCc1ccc(F)cc1)c1ccc(CC2=NOC(C(F)(F)F)N2)cc1. The molecular formula is C18H15F4N3O2. The van der Waals surface area contributed by atoms with Gasteiger partial charge in [-0.15, -0.1) is 0 Å². The smallest absolute Gasteiger partial charge is 0.359 e. The van der Waals surface area contributed by atoms with Crippen molar-refractivity contribution in [3.8, 4) is 0 Å². The summed E-state index contributed by atoms with van der Waals surface area (Å²) in [5.41, 5.74) is 1.82. The fourth-order valence-electron chi connectivity index (χ4n) is 2.40. The summed E-state index contributed by atoms with van der Waals surface area (Å²) < 4.78 is 50.4. The first-order chi connectivity index (χ1) is 12.8. The Morgan fingerprint density at radius 1 is 1.07 bits per heavy atom. The average molecular weight is 381 g/mol. The number of alkyl halides is 3. The molecule has 1 aliphatic rings. The molecule has 27 heavy (non-hydrogen) atoms. The maximum absolute atomic E-state index is 12.8. The van der Waals surface area contributed by atoms with Crippen LogP contribution in [0.2, 0.25) is 0 Å². The lowest BCUT2D eigenvalue weighted by atomic mass is 10.1. The van der Waals surface area contributed by atoms with E-state index in [9.17, 15) is 22.4 Å². The van der Waals surface area contributed by atoms with Crippen molar-refractivity contribution in [1.29, 1.82) is 0 Å². The Hall–Kier alpha value is -3.10. The molecule has 1 heterocycles. The Labute approximate surface area is 152 Å². The summed E-state index contributed by atoms with van der Waals surface area (Å²) in [7, 11) is 0. The van der Waals surface area contributed by atoms with Crippen LogP contribution in [0.15, 0.2) is 53.7 Å². The Balaban J connectivity index is 1.52. The van der Waals surface area contributed by atoms with Gasteiger partial charge < -0.3 is 15.5 Å². The van der Waals surface area contributed by atoms with E-state index in [2.05, 4.69) is 20.6 Å². The van der Waals surface area contributed by atoms with Crippen LogP contribution >= 0.6 is 0 Å². The summed E-state index contributed by atoms with van der Waals surface area (Å²) in [6.07, 6.45) is -6.56. The molecule has 2 aromatic carbocycles. The molecule has 1 atom stereocenters. The van der Waals surface area contributed by atoms with E-state index < -0.39 is 12.4 Å². The molecule has 9 heteroatoms. The number of carbonyl (C=O) groups is 1. The molecule has 0 bridgehead atoms. The summed E-state index contributed by atoms with van der Waals surface area (Å²) in [6.45, 7) is 0.248. The third kappa shape index (κ3) is 4.96. The molecule has 0 fully saturated rings. The Morgan fingerprint density at radius 3 is 2.30 bits per heavy atom. The number of nitrogens with zero attached hydrogens (tertiary/aromatic N) is 1. The highest BCUT2D eigenvalue weighted by molar-refractivity contribution is 5.94. The number of carbonyl (C=O) groups excluding carboxylic acids is 1. The summed E-state index contributed by atoms with van der Waals surface area (Å²) in [4.78, 5) is 16.4. The lowest BCUT2D eigenvalue weighted by Crippen LogP contribution is -2.42. The predicted molar refractivity (Wildman–Crippen MR) is 89.2 cm³/mol. The molecule has 1 unspecified atom stereocenters. The number of oxime groups is 1. The maximum atomic E-state index is 12.8. The molecule has 142 valence electrons. The normalized spacial score (nSPS) is 16.3. The van der Waals surface area contributed by atoms with Gasteiger partial charge in [0, 0.05) is 18.5 Å². The molecular weight excluding hydrogens is 366 g/mol. The summed E-state index contributed by atoms with van der Waals surface area (Å²) in [5.74, 6) is -0.609. The van der Waals surface area contributed by atoms with E-state index in [1.54, 1.807) is 36.4 Å². The van der Waals surface area contributed by atoms with Gasteiger partial charge in [-0.1, -0.05) is 29.4 Å². The molecule has 3 rings (SSSR count). The molecule has 0 saturated carbocycles. The van der Waals surface area contributed by atoms with Crippen LogP contribution in [0.4, 0.5) is 17.6 Å². The highest BCUT2D eigenvalue weighted by Crippen LogP contribution is 2.24. The molecule has 1 aliphatic heterocycles. The van der Waals surface area contributed by atoms with Crippen LogP contribution in [-0.2, 0) is 17.8 Å². The zero-order valence-corrected chi connectivity index (χ0v) is 13.9. The number of amides is 1. The van der Waals surface area contributed by atoms with Crippen LogP contribution < -0.4 is 10.6 Å². The molecule has 0 radical (unpaired) electrons. The van der Waals surface area contributed by atoms with Gasteiger partial charge in [-0.05, 0) is 35.4 Å². The zero-order chi connectivity index (χ0) is 19.4. The second-order valence-corrected chi connectivity index (χ2v) is 5.89. The molecule has 0 aliphatic carbocycles. The number of nitrogens with one attached hydrogen (secondary N) is 2. The first-order valence-corrected chi connectivity index (χ1v) is 7.99. The van der Waals surface area contributed by atoms with Gasteiger partial charge in [-0.25, -0.2) is 4.39 Å². The highest BCUT2D eigenvalue weighted by Gasteiger charge is 2.45. The van der Waals surface area contributed by atoms with Crippen molar-refractivity contribution < 1.29 is 27.2 Å². The minimum Gasteiger partial charge on any atom is -0.359 e. The van der Waals surface area contributed by atoms with E-state index >= 15 is 0 Å². The van der Waals surface area contributed by atoms with Gasteiger partial charge in [0.05, 0.1) is 0 Å².